The van der Waals surface area contributed by atoms with Gasteiger partial charge < -0.3 is 16.0 Å². The molecule has 1 atom stereocenters. The quantitative estimate of drug-likeness (QED) is 0.835. The Morgan fingerprint density at radius 1 is 1.04 bits per heavy atom. The van der Waals surface area contributed by atoms with E-state index in [0.29, 0.717) is 11.0 Å². The molecule has 1 unspecified atom stereocenters. The van der Waals surface area contributed by atoms with Gasteiger partial charge in [-0.05, 0) is 36.8 Å². The lowest BCUT2D eigenvalue weighted by Crippen LogP contribution is -2.23. The first-order valence-corrected chi connectivity index (χ1v) is 9.35. The summed E-state index contributed by atoms with van der Waals surface area (Å²) in [5.74, 6) is 0.692. The van der Waals surface area contributed by atoms with E-state index < -0.39 is 0 Å². The fourth-order valence-electron chi connectivity index (χ4n) is 3.18. The number of allylic oxidation sites excluding steroid dienone is 1. The second kappa shape index (κ2) is 6.53. The van der Waals surface area contributed by atoms with Crippen LogP contribution >= 0.6 is 11.8 Å². The van der Waals surface area contributed by atoms with Crippen molar-refractivity contribution in [3.63, 3.8) is 0 Å². The molecule has 4 rings (SSSR count). The highest BCUT2D eigenvalue weighted by atomic mass is 32.2. The molecular weight excluding hydrogens is 342 g/mol. The molecule has 132 valence electrons. The molecule has 0 amide bonds. The highest BCUT2D eigenvalue weighted by Crippen LogP contribution is 2.44. The van der Waals surface area contributed by atoms with Gasteiger partial charge in [0.1, 0.15) is 0 Å². The summed E-state index contributed by atoms with van der Waals surface area (Å²) in [6.07, 6.45) is 0. The first kappa shape index (κ1) is 16.7. The van der Waals surface area contributed by atoms with Crippen LogP contribution in [0, 0.1) is 0 Å². The fraction of sp³-hybridized carbons (Fsp3) is 0.200. The van der Waals surface area contributed by atoms with Crippen molar-refractivity contribution >= 4 is 39.8 Å². The number of nitrogens with zero attached hydrogens (tertiary/aromatic N) is 3. The van der Waals surface area contributed by atoms with Gasteiger partial charge in [0.15, 0.2) is 11.0 Å². The van der Waals surface area contributed by atoms with Crippen molar-refractivity contribution in [3.05, 3.63) is 65.4 Å². The average Bonchev–Trinajstić information content (AvgIpc) is 2.76. The standard InChI is InChI=1S/C20H21N5S/c1-12-17-18(13-8-10-14(11-9-13)25(2)3)26-20(21)24-19(17)23-16-7-5-4-6-15(16)22-12/h4-11,18,22H,1-3H3,(H2,21,23,24). The van der Waals surface area contributed by atoms with E-state index in [0.717, 1.165) is 22.6 Å². The minimum atomic E-state index is 0.0595. The Labute approximate surface area is 157 Å². The van der Waals surface area contributed by atoms with Crippen LogP contribution < -0.4 is 16.0 Å². The molecule has 0 saturated carbocycles. The van der Waals surface area contributed by atoms with Crippen LogP contribution in [0.25, 0.3) is 0 Å². The largest absolute Gasteiger partial charge is 0.378 e. The summed E-state index contributed by atoms with van der Waals surface area (Å²) in [4.78, 5) is 11.4. The van der Waals surface area contributed by atoms with E-state index in [1.165, 1.54) is 11.3 Å². The number of para-hydroxylation sites is 2. The molecule has 26 heavy (non-hydrogen) atoms. The maximum absolute atomic E-state index is 6.14. The van der Waals surface area contributed by atoms with Crippen molar-refractivity contribution in [1.82, 2.24) is 0 Å². The van der Waals surface area contributed by atoms with Gasteiger partial charge in [-0.3, -0.25) is 0 Å². The zero-order valence-electron chi connectivity index (χ0n) is 15.0. The summed E-state index contributed by atoms with van der Waals surface area (Å²) in [5, 5.41) is 4.10. The molecule has 0 fully saturated rings. The van der Waals surface area contributed by atoms with E-state index in [2.05, 4.69) is 46.4 Å². The van der Waals surface area contributed by atoms with Crippen LogP contribution in [-0.4, -0.2) is 25.1 Å². The predicted molar refractivity (Wildman–Crippen MR) is 113 cm³/mol. The number of rotatable bonds is 2. The number of thioether (sulfide) groups is 1. The summed E-state index contributed by atoms with van der Waals surface area (Å²) in [6, 6.07) is 16.6. The Hall–Kier alpha value is -2.73. The smallest absolute Gasteiger partial charge is 0.161 e. The summed E-state index contributed by atoms with van der Waals surface area (Å²) in [5.41, 5.74) is 12.5. The Morgan fingerprint density at radius 3 is 2.50 bits per heavy atom. The van der Waals surface area contributed by atoms with E-state index in [4.69, 9.17) is 10.7 Å². The molecule has 6 heteroatoms. The van der Waals surface area contributed by atoms with Gasteiger partial charge in [0, 0.05) is 31.1 Å². The van der Waals surface area contributed by atoms with Crippen molar-refractivity contribution in [1.29, 1.82) is 0 Å². The Kier molecular flexibility index (Phi) is 4.20. The molecule has 0 saturated heterocycles. The second-order valence-electron chi connectivity index (χ2n) is 6.55. The molecule has 0 radical (unpaired) electrons. The van der Waals surface area contributed by atoms with Crippen molar-refractivity contribution in [2.75, 3.05) is 24.3 Å². The lowest BCUT2D eigenvalue weighted by molar-refractivity contribution is 1.10. The number of fused-ring (bicyclic) bond motifs is 2. The number of aliphatic imine (C=N–C) groups is 2. The van der Waals surface area contributed by atoms with Gasteiger partial charge in [0.05, 0.1) is 16.6 Å². The third kappa shape index (κ3) is 2.97. The van der Waals surface area contributed by atoms with Crippen LogP contribution in [0.1, 0.15) is 17.7 Å². The van der Waals surface area contributed by atoms with Gasteiger partial charge in [-0.15, -0.1) is 0 Å². The molecular formula is C20H21N5S. The topological polar surface area (TPSA) is 66.0 Å². The van der Waals surface area contributed by atoms with Crippen LogP contribution in [0.3, 0.4) is 0 Å². The highest BCUT2D eigenvalue weighted by Gasteiger charge is 2.31. The van der Waals surface area contributed by atoms with Crippen LogP contribution in [0.2, 0.25) is 0 Å². The molecule has 2 aromatic rings. The number of amidine groups is 2. The molecule has 2 aliphatic rings. The molecule has 0 aromatic heterocycles. The van der Waals surface area contributed by atoms with Crippen LogP contribution in [-0.2, 0) is 0 Å². The van der Waals surface area contributed by atoms with E-state index in [-0.39, 0.29) is 5.25 Å². The van der Waals surface area contributed by atoms with Crippen molar-refractivity contribution in [2.45, 2.75) is 12.2 Å². The molecule has 0 bridgehead atoms. The van der Waals surface area contributed by atoms with Crippen LogP contribution in [0.4, 0.5) is 17.1 Å². The molecule has 3 N–H and O–H groups in total. The van der Waals surface area contributed by atoms with Crippen LogP contribution in [0.15, 0.2) is 69.8 Å². The summed E-state index contributed by atoms with van der Waals surface area (Å²) >= 11 is 1.57. The highest BCUT2D eigenvalue weighted by molar-refractivity contribution is 8.14. The molecule has 0 aliphatic carbocycles. The number of hydrogen-bond donors (Lipinski definition) is 2. The molecule has 0 spiro atoms. The van der Waals surface area contributed by atoms with Gasteiger partial charge in [-0.1, -0.05) is 36.0 Å². The fourth-order valence-corrected chi connectivity index (χ4v) is 4.25. The predicted octanol–water partition coefficient (Wildman–Crippen LogP) is 4.28. The summed E-state index contributed by atoms with van der Waals surface area (Å²) in [7, 11) is 4.08. The number of anilines is 2. The normalized spacial score (nSPS) is 18.8. The van der Waals surface area contributed by atoms with Crippen molar-refractivity contribution in [2.24, 2.45) is 15.7 Å². The van der Waals surface area contributed by atoms with Gasteiger partial charge in [0.25, 0.3) is 0 Å². The third-order valence-electron chi connectivity index (χ3n) is 4.53. The summed E-state index contributed by atoms with van der Waals surface area (Å²) < 4.78 is 0. The maximum Gasteiger partial charge on any atom is 0.161 e. The Morgan fingerprint density at radius 2 is 1.77 bits per heavy atom. The van der Waals surface area contributed by atoms with E-state index in [9.17, 15) is 0 Å². The molecule has 2 aliphatic heterocycles. The van der Waals surface area contributed by atoms with Gasteiger partial charge in [-0.25, -0.2) is 9.98 Å². The van der Waals surface area contributed by atoms with E-state index in [1.807, 2.05) is 38.4 Å². The Balaban J connectivity index is 1.82. The van der Waals surface area contributed by atoms with E-state index in [1.54, 1.807) is 11.8 Å². The number of benzene rings is 2. The molecule has 5 nitrogen and oxygen atoms in total. The number of nitrogens with two attached hydrogens (primary N) is 1. The first-order chi connectivity index (χ1) is 12.5. The van der Waals surface area contributed by atoms with E-state index >= 15 is 0 Å². The zero-order valence-corrected chi connectivity index (χ0v) is 15.8. The monoisotopic (exact) mass is 363 g/mol. The van der Waals surface area contributed by atoms with Gasteiger partial charge >= 0.3 is 0 Å². The zero-order chi connectivity index (χ0) is 18.3. The summed E-state index contributed by atoms with van der Waals surface area (Å²) in [6.45, 7) is 2.08. The van der Waals surface area contributed by atoms with Gasteiger partial charge in [-0.2, -0.15) is 0 Å². The second-order valence-corrected chi connectivity index (χ2v) is 7.68. The van der Waals surface area contributed by atoms with Crippen molar-refractivity contribution in [3.8, 4) is 0 Å². The third-order valence-corrected chi connectivity index (χ3v) is 5.60. The maximum atomic E-state index is 6.14. The minimum Gasteiger partial charge on any atom is -0.378 e. The molecule has 2 heterocycles. The number of hydrogen-bond acceptors (Lipinski definition) is 6. The van der Waals surface area contributed by atoms with Crippen molar-refractivity contribution < 1.29 is 0 Å². The Bertz CT molecular complexity index is 941. The van der Waals surface area contributed by atoms with Crippen LogP contribution in [0.5, 0.6) is 0 Å². The average molecular weight is 363 g/mol. The minimum absolute atomic E-state index is 0.0595. The van der Waals surface area contributed by atoms with Gasteiger partial charge in [0.2, 0.25) is 0 Å². The lowest BCUT2D eigenvalue weighted by atomic mass is 10.0. The lowest BCUT2D eigenvalue weighted by Gasteiger charge is -2.26. The number of nitrogens with one attached hydrogen (secondary N) is 1. The SMILES string of the molecule is CC1=C2C(=Nc3ccccc3N1)N=C(N)SC2c1ccc(N(C)C)cc1. The molecule has 2 aromatic carbocycles. The first-order valence-electron chi connectivity index (χ1n) is 8.47.